The van der Waals surface area contributed by atoms with Crippen LogP contribution in [0.1, 0.15) is 42.6 Å². The van der Waals surface area contributed by atoms with E-state index in [0.717, 1.165) is 19.4 Å². The van der Waals surface area contributed by atoms with Gasteiger partial charge in [0.1, 0.15) is 0 Å². The fourth-order valence-corrected chi connectivity index (χ4v) is 3.35. The number of hydrogen-bond donors (Lipinski definition) is 1. The lowest BCUT2D eigenvalue weighted by Gasteiger charge is -2.12. The second kappa shape index (κ2) is 5.41. The molecule has 106 valence electrons. The SMILES string of the molecule is CCCn1ncc(-c2cccc3c2CCC3NC)c1C. The number of aromatic nitrogens is 2. The van der Waals surface area contributed by atoms with Crippen LogP contribution in [0.3, 0.4) is 0 Å². The molecule has 1 atom stereocenters. The summed E-state index contributed by atoms with van der Waals surface area (Å²) in [5.74, 6) is 0. The summed E-state index contributed by atoms with van der Waals surface area (Å²) in [6, 6.07) is 7.20. The molecular formula is C17H23N3. The molecule has 2 aromatic rings. The Morgan fingerprint density at radius 2 is 2.20 bits per heavy atom. The number of aryl methyl sites for hydroxylation is 1. The zero-order valence-corrected chi connectivity index (χ0v) is 12.6. The lowest BCUT2D eigenvalue weighted by molar-refractivity contribution is 0.587. The highest BCUT2D eigenvalue weighted by atomic mass is 15.3. The van der Waals surface area contributed by atoms with Crippen LogP contribution < -0.4 is 5.32 Å². The maximum atomic E-state index is 4.55. The maximum absolute atomic E-state index is 4.55. The summed E-state index contributed by atoms with van der Waals surface area (Å²) >= 11 is 0. The number of nitrogens with zero attached hydrogens (tertiary/aromatic N) is 2. The third-order valence-corrected chi connectivity index (χ3v) is 4.45. The minimum absolute atomic E-state index is 0.510. The van der Waals surface area contributed by atoms with Crippen molar-refractivity contribution in [3.8, 4) is 11.1 Å². The average molecular weight is 269 g/mol. The van der Waals surface area contributed by atoms with Gasteiger partial charge in [0.25, 0.3) is 0 Å². The van der Waals surface area contributed by atoms with E-state index >= 15 is 0 Å². The Morgan fingerprint density at radius 3 is 2.95 bits per heavy atom. The Bertz CT molecular complexity index is 613. The summed E-state index contributed by atoms with van der Waals surface area (Å²) in [7, 11) is 2.05. The van der Waals surface area contributed by atoms with E-state index in [4.69, 9.17) is 0 Å². The molecule has 0 fully saturated rings. The Morgan fingerprint density at radius 1 is 1.35 bits per heavy atom. The van der Waals surface area contributed by atoms with Crippen molar-refractivity contribution in [1.82, 2.24) is 15.1 Å². The first-order valence-corrected chi connectivity index (χ1v) is 7.58. The number of fused-ring (bicyclic) bond motifs is 1. The van der Waals surface area contributed by atoms with E-state index in [-0.39, 0.29) is 0 Å². The van der Waals surface area contributed by atoms with E-state index in [1.165, 1.54) is 34.4 Å². The van der Waals surface area contributed by atoms with Gasteiger partial charge < -0.3 is 5.32 Å². The minimum atomic E-state index is 0.510. The van der Waals surface area contributed by atoms with E-state index in [0.29, 0.717) is 6.04 Å². The van der Waals surface area contributed by atoms with Crippen LogP contribution in [0.4, 0.5) is 0 Å². The maximum Gasteiger partial charge on any atom is 0.0571 e. The van der Waals surface area contributed by atoms with Gasteiger partial charge in [0.05, 0.1) is 6.20 Å². The van der Waals surface area contributed by atoms with Crippen LogP contribution in [0.5, 0.6) is 0 Å². The van der Waals surface area contributed by atoms with Gasteiger partial charge in [-0.05, 0) is 49.9 Å². The fraction of sp³-hybridized carbons (Fsp3) is 0.471. The van der Waals surface area contributed by atoms with E-state index < -0.39 is 0 Å². The monoisotopic (exact) mass is 269 g/mol. The topological polar surface area (TPSA) is 29.9 Å². The van der Waals surface area contributed by atoms with Crippen LogP contribution in [0, 0.1) is 6.92 Å². The van der Waals surface area contributed by atoms with Gasteiger partial charge in [-0.15, -0.1) is 0 Å². The molecule has 0 radical (unpaired) electrons. The van der Waals surface area contributed by atoms with Crippen molar-refractivity contribution in [3.05, 3.63) is 41.2 Å². The summed E-state index contributed by atoms with van der Waals surface area (Å²) in [6.07, 6.45) is 5.52. The van der Waals surface area contributed by atoms with Crippen LogP contribution in [0.2, 0.25) is 0 Å². The van der Waals surface area contributed by atoms with Gasteiger partial charge in [-0.1, -0.05) is 25.1 Å². The second-order valence-electron chi connectivity index (χ2n) is 5.62. The summed E-state index contributed by atoms with van der Waals surface area (Å²) in [4.78, 5) is 0. The highest BCUT2D eigenvalue weighted by Gasteiger charge is 2.24. The molecule has 0 saturated carbocycles. The molecule has 1 aromatic carbocycles. The molecule has 0 saturated heterocycles. The van der Waals surface area contributed by atoms with Crippen LogP contribution in [0.25, 0.3) is 11.1 Å². The number of benzene rings is 1. The quantitative estimate of drug-likeness (QED) is 0.921. The molecule has 3 nitrogen and oxygen atoms in total. The molecule has 3 heteroatoms. The van der Waals surface area contributed by atoms with Crippen LogP contribution in [-0.2, 0) is 13.0 Å². The summed E-state index contributed by atoms with van der Waals surface area (Å²) in [5.41, 5.74) is 6.93. The third kappa shape index (κ3) is 2.06. The Balaban J connectivity index is 2.06. The normalized spacial score (nSPS) is 17.4. The van der Waals surface area contributed by atoms with Gasteiger partial charge in [0, 0.05) is 23.8 Å². The van der Waals surface area contributed by atoms with E-state index in [1.54, 1.807) is 0 Å². The zero-order valence-electron chi connectivity index (χ0n) is 12.6. The molecule has 1 aromatic heterocycles. The molecule has 1 aliphatic carbocycles. The first-order chi connectivity index (χ1) is 9.76. The lowest BCUT2D eigenvalue weighted by Crippen LogP contribution is -2.12. The molecule has 3 rings (SSSR count). The first-order valence-electron chi connectivity index (χ1n) is 7.58. The van der Waals surface area contributed by atoms with Crippen molar-refractivity contribution in [2.45, 2.75) is 45.7 Å². The molecule has 1 unspecified atom stereocenters. The molecule has 1 N–H and O–H groups in total. The van der Waals surface area contributed by atoms with Crippen molar-refractivity contribution in [2.24, 2.45) is 0 Å². The summed E-state index contributed by atoms with van der Waals surface area (Å²) < 4.78 is 2.12. The van der Waals surface area contributed by atoms with Crippen LogP contribution >= 0.6 is 0 Å². The predicted molar refractivity (Wildman–Crippen MR) is 82.8 cm³/mol. The third-order valence-electron chi connectivity index (χ3n) is 4.45. The minimum Gasteiger partial charge on any atom is -0.313 e. The Labute approximate surface area is 121 Å². The fourth-order valence-electron chi connectivity index (χ4n) is 3.35. The van der Waals surface area contributed by atoms with Gasteiger partial charge in [0.2, 0.25) is 0 Å². The van der Waals surface area contributed by atoms with Crippen LogP contribution in [0.15, 0.2) is 24.4 Å². The number of nitrogens with one attached hydrogen (secondary N) is 1. The van der Waals surface area contributed by atoms with Gasteiger partial charge in [-0.2, -0.15) is 5.10 Å². The number of hydrogen-bond acceptors (Lipinski definition) is 2. The van der Waals surface area contributed by atoms with Crippen molar-refractivity contribution in [2.75, 3.05) is 7.05 Å². The lowest BCUT2D eigenvalue weighted by atomic mass is 9.97. The highest BCUT2D eigenvalue weighted by Crippen LogP contribution is 2.38. The molecule has 0 spiro atoms. The molecule has 1 aliphatic rings. The summed E-state index contributed by atoms with van der Waals surface area (Å²) in [5, 5.41) is 7.97. The smallest absolute Gasteiger partial charge is 0.0571 e. The molecule has 0 aliphatic heterocycles. The Kier molecular flexibility index (Phi) is 3.62. The number of rotatable bonds is 4. The van der Waals surface area contributed by atoms with Gasteiger partial charge in [-0.3, -0.25) is 4.68 Å². The highest BCUT2D eigenvalue weighted by molar-refractivity contribution is 5.71. The molecule has 0 bridgehead atoms. The van der Waals surface area contributed by atoms with Crippen LogP contribution in [-0.4, -0.2) is 16.8 Å². The standard InChI is InChI=1S/C17H23N3/c1-4-10-20-12(2)16(11-19-20)13-6-5-7-15-14(13)8-9-17(15)18-3/h5-7,11,17-18H,4,8-10H2,1-3H3. The first kappa shape index (κ1) is 13.4. The molecular weight excluding hydrogens is 246 g/mol. The van der Waals surface area contributed by atoms with E-state index in [2.05, 4.69) is 54.2 Å². The van der Waals surface area contributed by atoms with Gasteiger partial charge >= 0.3 is 0 Å². The predicted octanol–water partition coefficient (Wildman–Crippen LogP) is 3.48. The van der Waals surface area contributed by atoms with E-state index in [9.17, 15) is 0 Å². The van der Waals surface area contributed by atoms with Crippen molar-refractivity contribution < 1.29 is 0 Å². The van der Waals surface area contributed by atoms with Crippen molar-refractivity contribution >= 4 is 0 Å². The molecule has 20 heavy (non-hydrogen) atoms. The molecule has 1 heterocycles. The second-order valence-corrected chi connectivity index (χ2v) is 5.62. The van der Waals surface area contributed by atoms with E-state index in [1.807, 2.05) is 6.20 Å². The Hall–Kier alpha value is -1.61. The molecule has 0 amide bonds. The van der Waals surface area contributed by atoms with Gasteiger partial charge in [0.15, 0.2) is 0 Å². The largest absolute Gasteiger partial charge is 0.313 e. The summed E-state index contributed by atoms with van der Waals surface area (Å²) in [6.45, 7) is 5.38. The van der Waals surface area contributed by atoms with Crippen molar-refractivity contribution in [1.29, 1.82) is 0 Å². The van der Waals surface area contributed by atoms with Crippen molar-refractivity contribution in [3.63, 3.8) is 0 Å². The average Bonchev–Trinajstić information content (AvgIpc) is 3.04. The zero-order chi connectivity index (χ0) is 14.1. The van der Waals surface area contributed by atoms with Gasteiger partial charge in [-0.25, -0.2) is 0 Å².